The molecule has 0 unspecified atom stereocenters. The zero-order valence-corrected chi connectivity index (χ0v) is 15.0. The second-order valence-corrected chi connectivity index (χ2v) is 6.74. The molecule has 0 bridgehead atoms. The number of rotatable bonds is 3. The van der Waals surface area contributed by atoms with Crippen molar-refractivity contribution in [2.45, 2.75) is 18.9 Å². The summed E-state index contributed by atoms with van der Waals surface area (Å²) >= 11 is 6.27. The zero-order chi connectivity index (χ0) is 19.0. The Labute approximate surface area is 158 Å². The molecule has 1 aliphatic heterocycles. The van der Waals surface area contributed by atoms with Gasteiger partial charge < -0.3 is 4.90 Å². The number of hydrogen-bond acceptors (Lipinski definition) is 4. The molecule has 140 valence electrons. The molecule has 6 nitrogen and oxygen atoms in total. The van der Waals surface area contributed by atoms with Crippen molar-refractivity contribution in [3.05, 3.63) is 69.9 Å². The van der Waals surface area contributed by atoms with E-state index >= 15 is 0 Å². The fraction of sp³-hybridized carbons (Fsp3) is 0.278. The van der Waals surface area contributed by atoms with Crippen molar-refractivity contribution in [2.24, 2.45) is 0 Å². The third-order valence-corrected chi connectivity index (χ3v) is 5.10. The first kappa shape index (κ1) is 17.7. The van der Waals surface area contributed by atoms with Crippen LogP contribution in [0.4, 0.5) is 14.5 Å². The molecule has 4 rings (SSSR count). The van der Waals surface area contributed by atoms with Gasteiger partial charge in [0.25, 0.3) is 5.56 Å². The fourth-order valence-corrected chi connectivity index (χ4v) is 3.59. The summed E-state index contributed by atoms with van der Waals surface area (Å²) in [5.41, 5.74) is -0.277. The van der Waals surface area contributed by atoms with E-state index in [2.05, 4.69) is 10.2 Å². The Balaban J connectivity index is 1.59. The van der Waals surface area contributed by atoms with E-state index in [0.717, 1.165) is 29.7 Å². The Hall–Kier alpha value is -2.74. The second kappa shape index (κ2) is 7.11. The van der Waals surface area contributed by atoms with Crippen LogP contribution in [0.5, 0.6) is 0 Å². The van der Waals surface area contributed by atoms with E-state index in [1.54, 1.807) is 6.20 Å². The van der Waals surface area contributed by atoms with E-state index in [1.807, 2.05) is 21.8 Å². The second-order valence-electron chi connectivity index (χ2n) is 6.36. The minimum absolute atomic E-state index is 0.0359. The van der Waals surface area contributed by atoms with Gasteiger partial charge in [-0.25, -0.2) is 8.78 Å². The minimum atomic E-state index is -0.881. The molecule has 1 aliphatic rings. The number of hydrogen-bond donors (Lipinski definition) is 0. The standard InChI is InChI=1S/C18H16ClF2N5O/c19-17-16(24-8-4-13(5-9-24)25-7-1-6-22-25)11-23-26(18(17)27)15-3-2-12(20)10-14(15)21/h1-3,6-7,10-11,13H,4-5,8-9H2. The van der Waals surface area contributed by atoms with Crippen LogP contribution in [0, 0.1) is 11.6 Å². The van der Waals surface area contributed by atoms with Gasteiger partial charge in [-0.3, -0.25) is 9.48 Å². The van der Waals surface area contributed by atoms with Crippen LogP contribution >= 0.6 is 11.6 Å². The van der Waals surface area contributed by atoms with Crippen LogP contribution in [-0.2, 0) is 0 Å². The Morgan fingerprint density at radius 1 is 1.11 bits per heavy atom. The first-order chi connectivity index (χ1) is 13.0. The summed E-state index contributed by atoms with van der Waals surface area (Å²) in [5.74, 6) is -1.61. The molecule has 0 atom stereocenters. The topological polar surface area (TPSA) is 56.0 Å². The fourth-order valence-electron chi connectivity index (χ4n) is 3.34. The van der Waals surface area contributed by atoms with Crippen molar-refractivity contribution in [1.82, 2.24) is 19.6 Å². The van der Waals surface area contributed by atoms with Crippen molar-refractivity contribution < 1.29 is 8.78 Å². The number of benzene rings is 1. The quantitative estimate of drug-likeness (QED) is 0.688. The van der Waals surface area contributed by atoms with E-state index in [1.165, 1.54) is 6.20 Å². The molecule has 0 aliphatic carbocycles. The van der Waals surface area contributed by atoms with Gasteiger partial charge >= 0.3 is 0 Å². The van der Waals surface area contributed by atoms with Gasteiger partial charge in [-0.1, -0.05) is 11.6 Å². The maximum absolute atomic E-state index is 14.0. The van der Waals surface area contributed by atoms with Crippen molar-refractivity contribution in [3.63, 3.8) is 0 Å². The summed E-state index contributed by atoms with van der Waals surface area (Å²) in [4.78, 5) is 14.6. The highest BCUT2D eigenvalue weighted by Gasteiger charge is 2.24. The van der Waals surface area contributed by atoms with E-state index in [-0.39, 0.29) is 10.7 Å². The number of aromatic nitrogens is 4. The van der Waals surface area contributed by atoms with Crippen LogP contribution in [0.15, 0.2) is 47.7 Å². The molecular weight excluding hydrogens is 376 g/mol. The maximum atomic E-state index is 14.0. The molecule has 0 spiro atoms. The predicted octanol–water partition coefficient (Wildman–Crippen LogP) is 3.20. The SMILES string of the molecule is O=c1c(Cl)c(N2CCC(n3cccn3)CC2)cnn1-c1ccc(F)cc1F. The number of nitrogens with zero attached hydrogens (tertiary/aromatic N) is 5. The largest absolute Gasteiger partial charge is 0.369 e. The summed E-state index contributed by atoms with van der Waals surface area (Å²) in [6.45, 7) is 1.39. The van der Waals surface area contributed by atoms with E-state index < -0.39 is 17.2 Å². The lowest BCUT2D eigenvalue weighted by Crippen LogP contribution is -2.36. The van der Waals surface area contributed by atoms with Crippen LogP contribution in [0.3, 0.4) is 0 Å². The number of piperidine rings is 1. The van der Waals surface area contributed by atoms with Crippen LogP contribution in [0.25, 0.3) is 5.69 Å². The van der Waals surface area contributed by atoms with Gasteiger partial charge in [0, 0.05) is 31.5 Å². The van der Waals surface area contributed by atoms with Gasteiger partial charge in [-0.2, -0.15) is 14.9 Å². The van der Waals surface area contributed by atoms with Crippen LogP contribution in [-0.4, -0.2) is 32.7 Å². The van der Waals surface area contributed by atoms with Crippen LogP contribution in [0.2, 0.25) is 5.02 Å². The molecule has 0 N–H and O–H groups in total. The monoisotopic (exact) mass is 391 g/mol. The van der Waals surface area contributed by atoms with E-state index in [4.69, 9.17) is 11.6 Å². The Bertz CT molecular complexity index is 1010. The lowest BCUT2D eigenvalue weighted by atomic mass is 10.0. The Morgan fingerprint density at radius 3 is 2.56 bits per heavy atom. The molecule has 3 heterocycles. The zero-order valence-electron chi connectivity index (χ0n) is 14.2. The predicted molar refractivity (Wildman–Crippen MR) is 97.5 cm³/mol. The van der Waals surface area contributed by atoms with E-state index in [9.17, 15) is 13.6 Å². The van der Waals surface area contributed by atoms with Crippen LogP contribution < -0.4 is 10.5 Å². The van der Waals surface area contributed by atoms with Crippen molar-refractivity contribution in [3.8, 4) is 5.69 Å². The molecule has 1 saturated heterocycles. The molecule has 3 aromatic rings. The first-order valence-corrected chi connectivity index (χ1v) is 8.89. The Kier molecular flexibility index (Phi) is 4.65. The number of halogens is 3. The molecule has 27 heavy (non-hydrogen) atoms. The average molecular weight is 392 g/mol. The van der Waals surface area contributed by atoms with Gasteiger partial charge in [-0.05, 0) is 31.0 Å². The highest BCUT2D eigenvalue weighted by atomic mass is 35.5. The molecule has 0 amide bonds. The van der Waals surface area contributed by atoms with Gasteiger partial charge in [-0.15, -0.1) is 0 Å². The van der Waals surface area contributed by atoms with Crippen LogP contribution in [0.1, 0.15) is 18.9 Å². The summed E-state index contributed by atoms with van der Waals surface area (Å²) < 4.78 is 29.9. The Morgan fingerprint density at radius 2 is 1.89 bits per heavy atom. The highest BCUT2D eigenvalue weighted by Crippen LogP contribution is 2.29. The van der Waals surface area contributed by atoms with Gasteiger partial charge in [0.15, 0.2) is 5.82 Å². The summed E-state index contributed by atoms with van der Waals surface area (Å²) in [5, 5.41) is 8.28. The van der Waals surface area contributed by atoms with Gasteiger partial charge in [0.1, 0.15) is 16.5 Å². The summed E-state index contributed by atoms with van der Waals surface area (Å²) in [6.07, 6.45) is 6.84. The molecule has 0 radical (unpaired) electrons. The molecule has 1 fully saturated rings. The van der Waals surface area contributed by atoms with Gasteiger partial charge in [0.2, 0.25) is 0 Å². The summed E-state index contributed by atoms with van der Waals surface area (Å²) in [7, 11) is 0. The summed E-state index contributed by atoms with van der Waals surface area (Å²) in [6, 6.07) is 5.11. The first-order valence-electron chi connectivity index (χ1n) is 8.52. The molecule has 2 aromatic heterocycles. The maximum Gasteiger partial charge on any atom is 0.292 e. The van der Waals surface area contributed by atoms with Crippen molar-refractivity contribution in [2.75, 3.05) is 18.0 Å². The van der Waals surface area contributed by atoms with E-state index in [0.29, 0.717) is 30.9 Å². The molecular formula is C18H16ClF2N5O. The van der Waals surface area contributed by atoms with Gasteiger partial charge in [0.05, 0.1) is 17.9 Å². The molecule has 0 saturated carbocycles. The number of anilines is 1. The lowest BCUT2D eigenvalue weighted by Gasteiger charge is -2.33. The van der Waals surface area contributed by atoms with Crippen molar-refractivity contribution in [1.29, 1.82) is 0 Å². The van der Waals surface area contributed by atoms with Crippen molar-refractivity contribution >= 4 is 17.3 Å². The third-order valence-electron chi connectivity index (χ3n) is 4.74. The third kappa shape index (κ3) is 3.32. The minimum Gasteiger partial charge on any atom is -0.369 e. The lowest BCUT2D eigenvalue weighted by molar-refractivity contribution is 0.366. The molecule has 1 aromatic carbocycles. The average Bonchev–Trinajstić information content (AvgIpc) is 3.20. The smallest absolute Gasteiger partial charge is 0.292 e. The normalized spacial score (nSPS) is 15.3. The highest BCUT2D eigenvalue weighted by molar-refractivity contribution is 6.33. The molecule has 9 heteroatoms.